The van der Waals surface area contributed by atoms with Crippen molar-refractivity contribution in [2.75, 3.05) is 11.9 Å². The molecule has 0 saturated carbocycles. The highest BCUT2D eigenvalue weighted by atomic mass is 19.1. The van der Waals surface area contributed by atoms with E-state index in [9.17, 15) is 9.18 Å². The summed E-state index contributed by atoms with van der Waals surface area (Å²) < 4.78 is 13.4. The van der Waals surface area contributed by atoms with Gasteiger partial charge in [-0.15, -0.1) is 0 Å². The van der Waals surface area contributed by atoms with E-state index in [1.165, 1.54) is 6.07 Å². The largest absolute Gasteiger partial charge is 0.338 e. The topological polar surface area (TPSA) is 64.9 Å². The molecule has 0 unspecified atom stereocenters. The molecule has 2 N–H and O–H groups in total. The second-order valence-electron chi connectivity index (χ2n) is 4.41. The summed E-state index contributed by atoms with van der Waals surface area (Å²) in [7, 11) is 0. The summed E-state index contributed by atoms with van der Waals surface area (Å²) in [6.07, 6.45) is 0.415. The first-order chi connectivity index (χ1) is 10.2. The van der Waals surface area contributed by atoms with Crippen LogP contribution in [0.2, 0.25) is 0 Å². The normalized spacial score (nSPS) is 9.71. The van der Waals surface area contributed by atoms with Crippen LogP contribution in [0.3, 0.4) is 0 Å². The summed E-state index contributed by atoms with van der Waals surface area (Å²) in [5, 5.41) is 14.0. The predicted molar refractivity (Wildman–Crippen MR) is 78.3 cm³/mol. The Kier molecular flexibility index (Phi) is 4.89. The number of benzene rings is 2. The summed E-state index contributed by atoms with van der Waals surface area (Å²) in [5.74, 6) is -0.276. The Balaban J connectivity index is 1.83. The van der Waals surface area contributed by atoms with Gasteiger partial charge in [0.05, 0.1) is 11.6 Å². The number of amides is 2. The van der Waals surface area contributed by atoms with Crippen molar-refractivity contribution in [2.24, 2.45) is 0 Å². The Morgan fingerprint density at radius 2 is 2.00 bits per heavy atom. The van der Waals surface area contributed by atoms with E-state index in [2.05, 4.69) is 10.6 Å². The number of nitrogens with zero attached hydrogens (tertiary/aromatic N) is 1. The summed E-state index contributed by atoms with van der Waals surface area (Å²) in [6, 6.07) is 14.7. The average molecular weight is 283 g/mol. The van der Waals surface area contributed by atoms with Gasteiger partial charge in [0.15, 0.2) is 0 Å². The van der Waals surface area contributed by atoms with Gasteiger partial charge in [-0.2, -0.15) is 5.26 Å². The first kappa shape index (κ1) is 14.5. The zero-order chi connectivity index (χ0) is 15.1. The lowest BCUT2D eigenvalue weighted by Gasteiger charge is -2.08. The molecule has 2 amide bonds. The molecule has 0 fully saturated rings. The lowest BCUT2D eigenvalue weighted by molar-refractivity contribution is 0.252. The van der Waals surface area contributed by atoms with Gasteiger partial charge >= 0.3 is 6.03 Å². The van der Waals surface area contributed by atoms with E-state index in [0.717, 1.165) is 0 Å². The third-order valence-electron chi connectivity index (χ3n) is 2.89. The maximum absolute atomic E-state index is 13.4. The van der Waals surface area contributed by atoms with Gasteiger partial charge in [0.2, 0.25) is 0 Å². The second-order valence-corrected chi connectivity index (χ2v) is 4.41. The van der Waals surface area contributed by atoms with Gasteiger partial charge in [-0.05, 0) is 36.2 Å². The monoisotopic (exact) mass is 283 g/mol. The minimum absolute atomic E-state index is 0.276. The van der Waals surface area contributed by atoms with Crippen LogP contribution in [0.25, 0.3) is 0 Å². The Morgan fingerprint density at radius 1 is 1.19 bits per heavy atom. The first-order valence-electron chi connectivity index (χ1n) is 6.47. The maximum Gasteiger partial charge on any atom is 0.319 e. The van der Waals surface area contributed by atoms with E-state index in [1.54, 1.807) is 42.5 Å². The Hall–Kier alpha value is -2.87. The fourth-order valence-corrected chi connectivity index (χ4v) is 1.85. The minimum atomic E-state index is -0.388. The molecule has 0 spiro atoms. The van der Waals surface area contributed by atoms with E-state index >= 15 is 0 Å². The Morgan fingerprint density at radius 3 is 2.76 bits per heavy atom. The molecule has 0 aromatic heterocycles. The van der Waals surface area contributed by atoms with Gasteiger partial charge in [-0.1, -0.05) is 24.3 Å². The summed E-state index contributed by atoms with van der Waals surface area (Å²) >= 11 is 0. The number of anilines is 1. The molecule has 0 aliphatic rings. The van der Waals surface area contributed by atoms with Crippen LogP contribution >= 0.6 is 0 Å². The van der Waals surface area contributed by atoms with Crippen molar-refractivity contribution in [3.8, 4) is 6.07 Å². The summed E-state index contributed by atoms with van der Waals surface area (Å²) in [4.78, 5) is 11.7. The number of carbonyl (C=O) groups is 1. The van der Waals surface area contributed by atoms with Gasteiger partial charge in [0, 0.05) is 12.2 Å². The van der Waals surface area contributed by atoms with Crippen LogP contribution in [0.1, 0.15) is 11.1 Å². The van der Waals surface area contributed by atoms with Crippen LogP contribution in [-0.4, -0.2) is 12.6 Å². The average Bonchev–Trinajstić information content (AvgIpc) is 2.49. The number of hydrogen-bond donors (Lipinski definition) is 2. The third kappa shape index (κ3) is 4.32. The highest BCUT2D eigenvalue weighted by molar-refractivity contribution is 5.89. The van der Waals surface area contributed by atoms with Crippen LogP contribution < -0.4 is 10.6 Å². The van der Waals surface area contributed by atoms with E-state index in [0.29, 0.717) is 29.8 Å². The summed E-state index contributed by atoms with van der Waals surface area (Å²) in [6.45, 7) is 0.324. The predicted octanol–water partition coefficient (Wildman–Crippen LogP) is 3.06. The molecule has 0 saturated heterocycles. The lowest BCUT2D eigenvalue weighted by Crippen LogP contribution is -2.30. The zero-order valence-electron chi connectivity index (χ0n) is 11.3. The number of nitrogens with one attached hydrogen (secondary N) is 2. The fourth-order valence-electron chi connectivity index (χ4n) is 1.85. The zero-order valence-corrected chi connectivity index (χ0v) is 11.3. The smallest absolute Gasteiger partial charge is 0.319 e. The molecule has 106 valence electrons. The van der Waals surface area contributed by atoms with Crippen molar-refractivity contribution in [1.82, 2.24) is 5.32 Å². The molecule has 0 atom stereocenters. The standard InChI is InChI=1S/C16H14FN3O/c17-15-7-2-1-5-13(15)8-9-19-16(21)20-14-6-3-4-12(10-14)11-18/h1-7,10H,8-9H2,(H2,19,20,21). The van der Waals surface area contributed by atoms with Crippen molar-refractivity contribution in [2.45, 2.75) is 6.42 Å². The molecule has 0 heterocycles. The number of rotatable bonds is 4. The van der Waals surface area contributed by atoms with Crippen molar-refractivity contribution >= 4 is 11.7 Å². The number of halogens is 1. The molecule has 2 aromatic carbocycles. The number of hydrogen-bond acceptors (Lipinski definition) is 2. The van der Waals surface area contributed by atoms with Gasteiger partial charge in [0.25, 0.3) is 0 Å². The molecule has 21 heavy (non-hydrogen) atoms. The molecule has 0 aliphatic carbocycles. The molecule has 2 rings (SSSR count). The Bertz CT molecular complexity index is 679. The van der Waals surface area contributed by atoms with Crippen LogP contribution in [0, 0.1) is 17.1 Å². The van der Waals surface area contributed by atoms with Crippen LogP contribution in [0.15, 0.2) is 48.5 Å². The molecule has 0 aliphatic heterocycles. The maximum atomic E-state index is 13.4. The number of urea groups is 1. The van der Waals surface area contributed by atoms with Crippen molar-refractivity contribution in [1.29, 1.82) is 5.26 Å². The lowest BCUT2D eigenvalue weighted by atomic mass is 10.1. The van der Waals surface area contributed by atoms with E-state index in [4.69, 9.17) is 5.26 Å². The van der Waals surface area contributed by atoms with Crippen molar-refractivity contribution < 1.29 is 9.18 Å². The molecular weight excluding hydrogens is 269 g/mol. The van der Waals surface area contributed by atoms with Crippen molar-refractivity contribution in [3.63, 3.8) is 0 Å². The van der Waals surface area contributed by atoms with Gasteiger partial charge in [0.1, 0.15) is 5.82 Å². The molecule has 2 aromatic rings. The molecule has 0 bridgehead atoms. The molecule has 5 heteroatoms. The summed E-state index contributed by atoms with van der Waals surface area (Å²) in [5.41, 5.74) is 1.57. The Labute approximate surface area is 122 Å². The van der Waals surface area contributed by atoms with Gasteiger partial charge in [-0.3, -0.25) is 0 Å². The first-order valence-corrected chi connectivity index (χ1v) is 6.47. The van der Waals surface area contributed by atoms with Gasteiger partial charge in [-0.25, -0.2) is 9.18 Å². The highest BCUT2D eigenvalue weighted by Crippen LogP contribution is 2.09. The third-order valence-corrected chi connectivity index (χ3v) is 2.89. The van der Waals surface area contributed by atoms with Gasteiger partial charge < -0.3 is 10.6 Å². The van der Waals surface area contributed by atoms with Crippen molar-refractivity contribution in [3.05, 3.63) is 65.5 Å². The number of nitriles is 1. The number of carbonyl (C=O) groups excluding carboxylic acids is 1. The SMILES string of the molecule is N#Cc1cccc(NC(=O)NCCc2ccccc2F)c1. The fraction of sp³-hybridized carbons (Fsp3) is 0.125. The van der Waals surface area contributed by atoms with E-state index < -0.39 is 0 Å². The molecular formula is C16H14FN3O. The van der Waals surface area contributed by atoms with Crippen LogP contribution in [0.4, 0.5) is 14.9 Å². The van der Waals surface area contributed by atoms with Crippen LogP contribution in [-0.2, 0) is 6.42 Å². The minimum Gasteiger partial charge on any atom is -0.338 e. The second kappa shape index (κ2) is 7.06. The van der Waals surface area contributed by atoms with E-state index in [-0.39, 0.29) is 11.8 Å². The molecule has 0 radical (unpaired) electrons. The quantitative estimate of drug-likeness (QED) is 0.905. The highest BCUT2D eigenvalue weighted by Gasteiger charge is 2.04. The van der Waals surface area contributed by atoms with E-state index in [1.807, 2.05) is 6.07 Å². The molecule has 4 nitrogen and oxygen atoms in total. The van der Waals surface area contributed by atoms with Crippen LogP contribution in [0.5, 0.6) is 0 Å².